The number of nitrogens with zero attached hydrogens (tertiary/aromatic N) is 5. The van der Waals surface area contributed by atoms with E-state index in [1.54, 1.807) is 22.8 Å². The molecule has 0 atom stereocenters. The van der Waals surface area contributed by atoms with Crippen LogP contribution in [0.25, 0.3) is 0 Å². The van der Waals surface area contributed by atoms with Crippen LogP contribution in [0.1, 0.15) is 33.0 Å². The maximum absolute atomic E-state index is 12.5. The number of aryl methyl sites for hydroxylation is 4. The summed E-state index contributed by atoms with van der Waals surface area (Å²) in [5, 5.41) is 8.59. The van der Waals surface area contributed by atoms with Gasteiger partial charge >= 0.3 is 0 Å². The lowest BCUT2D eigenvalue weighted by Crippen LogP contribution is -2.27. The van der Waals surface area contributed by atoms with Crippen molar-refractivity contribution in [3.05, 3.63) is 34.4 Å². The van der Waals surface area contributed by atoms with Crippen LogP contribution in [0.2, 0.25) is 0 Å². The van der Waals surface area contributed by atoms with Gasteiger partial charge in [0.25, 0.3) is 5.91 Å². The van der Waals surface area contributed by atoms with E-state index in [-0.39, 0.29) is 5.91 Å². The maximum Gasteiger partial charge on any atom is 0.257 e. The molecule has 20 heavy (non-hydrogen) atoms. The van der Waals surface area contributed by atoms with Crippen molar-refractivity contribution >= 4 is 5.91 Å². The summed E-state index contributed by atoms with van der Waals surface area (Å²) in [6.07, 6.45) is 1.76. The van der Waals surface area contributed by atoms with Crippen molar-refractivity contribution in [1.82, 2.24) is 24.5 Å². The Morgan fingerprint density at radius 3 is 2.30 bits per heavy atom. The Bertz CT molecular complexity index is 653. The molecule has 0 aliphatic heterocycles. The summed E-state index contributed by atoms with van der Waals surface area (Å²) in [5.41, 5.74) is 4.56. The van der Waals surface area contributed by atoms with Gasteiger partial charge in [-0.3, -0.25) is 14.2 Å². The largest absolute Gasteiger partial charge is 0.337 e. The Labute approximate surface area is 119 Å². The minimum Gasteiger partial charge on any atom is -0.337 e. The van der Waals surface area contributed by atoms with E-state index >= 15 is 0 Å². The van der Waals surface area contributed by atoms with Crippen molar-refractivity contribution in [2.24, 2.45) is 14.1 Å². The molecular weight excluding hydrogens is 254 g/mol. The molecule has 0 spiro atoms. The summed E-state index contributed by atoms with van der Waals surface area (Å²) in [4.78, 5) is 14.2. The average molecular weight is 275 g/mol. The average Bonchev–Trinajstić information content (AvgIpc) is 2.82. The zero-order valence-corrected chi connectivity index (χ0v) is 12.9. The molecule has 0 saturated carbocycles. The highest BCUT2D eigenvalue weighted by Crippen LogP contribution is 2.16. The van der Waals surface area contributed by atoms with Gasteiger partial charge in [0.2, 0.25) is 0 Å². The number of hydrogen-bond donors (Lipinski definition) is 0. The van der Waals surface area contributed by atoms with Gasteiger partial charge in [-0.1, -0.05) is 0 Å². The van der Waals surface area contributed by atoms with Crippen LogP contribution in [0.5, 0.6) is 0 Å². The van der Waals surface area contributed by atoms with E-state index in [2.05, 4.69) is 10.2 Å². The van der Waals surface area contributed by atoms with E-state index in [1.165, 1.54) is 0 Å². The van der Waals surface area contributed by atoms with Crippen molar-refractivity contribution in [2.75, 3.05) is 7.05 Å². The third kappa shape index (κ3) is 2.45. The Morgan fingerprint density at radius 1 is 1.20 bits per heavy atom. The Morgan fingerprint density at radius 2 is 1.85 bits per heavy atom. The number of rotatable bonds is 3. The minimum absolute atomic E-state index is 0.0155. The van der Waals surface area contributed by atoms with Gasteiger partial charge < -0.3 is 4.90 Å². The van der Waals surface area contributed by atoms with Gasteiger partial charge in [-0.2, -0.15) is 10.2 Å². The fraction of sp³-hybridized carbons (Fsp3) is 0.500. The second-order valence-corrected chi connectivity index (χ2v) is 5.24. The fourth-order valence-corrected chi connectivity index (χ4v) is 2.37. The monoisotopic (exact) mass is 275 g/mol. The molecule has 0 bridgehead atoms. The molecule has 0 aromatic carbocycles. The van der Waals surface area contributed by atoms with Gasteiger partial charge in [0.15, 0.2) is 0 Å². The lowest BCUT2D eigenvalue weighted by molar-refractivity contribution is 0.0784. The molecule has 6 heteroatoms. The van der Waals surface area contributed by atoms with Crippen molar-refractivity contribution in [2.45, 2.75) is 27.3 Å². The predicted molar refractivity (Wildman–Crippen MR) is 76.4 cm³/mol. The molecular formula is C14H21N5O. The van der Waals surface area contributed by atoms with Gasteiger partial charge in [-0.25, -0.2) is 0 Å². The van der Waals surface area contributed by atoms with Crippen LogP contribution in [0.15, 0.2) is 6.20 Å². The molecule has 2 heterocycles. The molecule has 2 aromatic heterocycles. The first-order chi connectivity index (χ1) is 9.31. The normalized spacial score (nSPS) is 10.9. The summed E-state index contributed by atoms with van der Waals surface area (Å²) >= 11 is 0. The van der Waals surface area contributed by atoms with E-state index in [9.17, 15) is 4.79 Å². The highest BCUT2D eigenvalue weighted by molar-refractivity contribution is 5.94. The van der Waals surface area contributed by atoms with Crippen LogP contribution in [0.3, 0.4) is 0 Å². The first kappa shape index (κ1) is 14.3. The second-order valence-electron chi connectivity index (χ2n) is 5.24. The second kappa shape index (κ2) is 5.11. The maximum atomic E-state index is 12.5. The van der Waals surface area contributed by atoms with E-state index < -0.39 is 0 Å². The molecule has 0 aliphatic rings. The van der Waals surface area contributed by atoms with Crippen LogP contribution in [0.4, 0.5) is 0 Å². The van der Waals surface area contributed by atoms with Gasteiger partial charge in [0.1, 0.15) is 0 Å². The number of amides is 1. The van der Waals surface area contributed by atoms with Crippen molar-refractivity contribution in [3.63, 3.8) is 0 Å². The smallest absolute Gasteiger partial charge is 0.257 e. The quantitative estimate of drug-likeness (QED) is 0.849. The van der Waals surface area contributed by atoms with E-state index in [4.69, 9.17) is 0 Å². The highest BCUT2D eigenvalue weighted by Gasteiger charge is 2.19. The first-order valence-electron chi connectivity index (χ1n) is 6.56. The molecule has 6 nitrogen and oxygen atoms in total. The van der Waals surface area contributed by atoms with Crippen molar-refractivity contribution in [3.8, 4) is 0 Å². The number of carbonyl (C=O) groups excluding carboxylic acids is 1. The Hall–Kier alpha value is -2.11. The summed E-state index contributed by atoms with van der Waals surface area (Å²) in [6, 6.07) is 0. The van der Waals surface area contributed by atoms with Gasteiger partial charge in [0.05, 0.1) is 17.0 Å². The van der Waals surface area contributed by atoms with Crippen LogP contribution in [-0.2, 0) is 20.6 Å². The third-order valence-corrected chi connectivity index (χ3v) is 3.64. The molecule has 0 unspecified atom stereocenters. The molecule has 0 radical (unpaired) electrons. The molecule has 0 saturated heterocycles. The summed E-state index contributed by atoms with van der Waals surface area (Å²) < 4.78 is 3.51. The molecule has 0 fully saturated rings. The van der Waals surface area contributed by atoms with E-state index in [1.807, 2.05) is 39.5 Å². The lowest BCUT2D eigenvalue weighted by Gasteiger charge is -2.17. The molecule has 0 aliphatic carbocycles. The predicted octanol–water partition coefficient (Wildman–Crippen LogP) is 1.35. The number of hydrogen-bond acceptors (Lipinski definition) is 3. The van der Waals surface area contributed by atoms with Gasteiger partial charge in [0, 0.05) is 45.1 Å². The molecule has 1 amide bonds. The van der Waals surface area contributed by atoms with Gasteiger partial charge in [-0.05, 0) is 20.8 Å². The molecule has 0 N–H and O–H groups in total. The van der Waals surface area contributed by atoms with Gasteiger partial charge in [-0.15, -0.1) is 0 Å². The molecule has 108 valence electrons. The summed E-state index contributed by atoms with van der Waals surface area (Å²) in [5.74, 6) is -0.0155. The highest BCUT2D eigenvalue weighted by atomic mass is 16.2. The topological polar surface area (TPSA) is 56.0 Å². The van der Waals surface area contributed by atoms with E-state index in [0.29, 0.717) is 12.1 Å². The molecule has 2 aromatic rings. The van der Waals surface area contributed by atoms with Crippen LogP contribution in [-0.4, -0.2) is 37.4 Å². The summed E-state index contributed by atoms with van der Waals surface area (Å²) in [7, 11) is 5.54. The Balaban J connectivity index is 2.22. The Kier molecular flexibility index (Phi) is 3.65. The number of aromatic nitrogens is 4. The fourth-order valence-electron chi connectivity index (χ4n) is 2.37. The van der Waals surface area contributed by atoms with Crippen molar-refractivity contribution in [1.29, 1.82) is 0 Å². The number of carbonyl (C=O) groups is 1. The van der Waals surface area contributed by atoms with Crippen LogP contribution in [0, 0.1) is 20.8 Å². The van der Waals surface area contributed by atoms with Crippen LogP contribution >= 0.6 is 0 Å². The van der Waals surface area contributed by atoms with Crippen LogP contribution < -0.4 is 0 Å². The third-order valence-electron chi connectivity index (χ3n) is 3.64. The lowest BCUT2D eigenvalue weighted by atomic mass is 10.1. The summed E-state index contributed by atoms with van der Waals surface area (Å²) in [6.45, 7) is 6.39. The SMILES string of the molecule is Cc1nn(C)cc1C(=O)N(C)Cc1c(C)nn(C)c1C. The standard InChI is InChI=1S/C14H21N5O/c1-9-12(11(3)19(6)16-9)7-17(4)14(20)13-8-18(5)15-10(13)2/h8H,7H2,1-6H3. The minimum atomic E-state index is -0.0155. The van der Waals surface area contributed by atoms with Crippen molar-refractivity contribution < 1.29 is 4.79 Å². The first-order valence-corrected chi connectivity index (χ1v) is 6.56. The zero-order chi connectivity index (χ0) is 15.0. The zero-order valence-electron chi connectivity index (χ0n) is 12.9. The molecule has 2 rings (SSSR count). The van der Waals surface area contributed by atoms with E-state index in [0.717, 1.165) is 22.6 Å².